The van der Waals surface area contributed by atoms with Crippen molar-refractivity contribution in [2.75, 3.05) is 12.3 Å². The second-order valence-corrected chi connectivity index (χ2v) is 7.58. The normalized spacial score (nSPS) is 25.8. The highest BCUT2D eigenvalue weighted by molar-refractivity contribution is 8.00. The van der Waals surface area contributed by atoms with Crippen molar-refractivity contribution in [2.24, 2.45) is 5.41 Å². The van der Waals surface area contributed by atoms with Gasteiger partial charge < -0.3 is 15.3 Å². The molecule has 1 rings (SSSR count). The van der Waals surface area contributed by atoms with Crippen LogP contribution in [0.5, 0.6) is 0 Å². The number of thioether (sulfide) groups is 1. The predicted octanol–water partition coefficient (Wildman–Crippen LogP) is 2.02. The first kappa shape index (κ1) is 16.1. The molecule has 2 unspecified atom stereocenters. The Morgan fingerprint density at radius 3 is 2.42 bits per heavy atom. The highest BCUT2D eigenvalue weighted by atomic mass is 32.2. The Kier molecular flexibility index (Phi) is 5.12. The molecule has 3 atom stereocenters. The number of aliphatic carboxylic acids is 1. The standard InChI is InChI=1S/C13H24N2O3S/c1-8-9(2)19-7-6-15(8)12(18)14-10(11(16)17)13(3,4)5/h8-10H,6-7H2,1-5H3,(H,14,18)(H,16,17)/t8?,9?,10-/m0/s1. The number of amides is 2. The van der Waals surface area contributed by atoms with Crippen LogP contribution < -0.4 is 5.32 Å². The fourth-order valence-electron chi connectivity index (χ4n) is 2.07. The van der Waals surface area contributed by atoms with Crippen LogP contribution in [0.3, 0.4) is 0 Å². The Bertz CT molecular complexity index is 354. The van der Waals surface area contributed by atoms with Gasteiger partial charge in [-0.05, 0) is 12.3 Å². The van der Waals surface area contributed by atoms with Gasteiger partial charge in [-0.3, -0.25) is 0 Å². The van der Waals surface area contributed by atoms with E-state index in [2.05, 4.69) is 12.2 Å². The molecule has 1 aliphatic rings. The molecule has 0 radical (unpaired) electrons. The van der Waals surface area contributed by atoms with Gasteiger partial charge >= 0.3 is 12.0 Å². The Balaban J connectivity index is 2.75. The molecule has 2 amide bonds. The molecule has 5 nitrogen and oxygen atoms in total. The summed E-state index contributed by atoms with van der Waals surface area (Å²) in [5, 5.41) is 12.3. The zero-order valence-corrected chi connectivity index (χ0v) is 13.1. The first-order valence-corrected chi connectivity index (χ1v) is 7.61. The smallest absolute Gasteiger partial charge is 0.326 e. The van der Waals surface area contributed by atoms with Crippen LogP contribution in [0.1, 0.15) is 34.6 Å². The summed E-state index contributed by atoms with van der Waals surface area (Å²) in [7, 11) is 0. The van der Waals surface area contributed by atoms with E-state index in [1.807, 2.05) is 39.5 Å². The van der Waals surface area contributed by atoms with Gasteiger partial charge in [-0.2, -0.15) is 11.8 Å². The molecular formula is C13H24N2O3S. The van der Waals surface area contributed by atoms with Gasteiger partial charge in [0.1, 0.15) is 6.04 Å². The minimum Gasteiger partial charge on any atom is -0.480 e. The molecule has 0 aromatic carbocycles. The minimum absolute atomic E-state index is 0.119. The van der Waals surface area contributed by atoms with Crippen LogP contribution in [-0.2, 0) is 4.79 Å². The maximum atomic E-state index is 12.3. The molecule has 1 fully saturated rings. The first-order valence-electron chi connectivity index (χ1n) is 6.56. The fourth-order valence-corrected chi connectivity index (χ4v) is 3.17. The van der Waals surface area contributed by atoms with E-state index in [0.717, 1.165) is 5.75 Å². The number of urea groups is 1. The average molecular weight is 288 g/mol. The molecule has 0 aromatic heterocycles. The van der Waals surface area contributed by atoms with E-state index in [0.29, 0.717) is 11.8 Å². The molecule has 1 heterocycles. The van der Waals surface area contributed by atoms with Gasteiger partial charge in [0, 0.05) is 23.6 Å². The van der Waals surface area contributed by atoms with Crippen molar-refractivity contribution in [3.05, 3.63) is 0 Å². The monoisotopic (exact) mass is 288 g/mol. The molecule has 0 aromatic rings. The Morgan fingerprint density at radius 2 is 1.95 bits per heavy atom. The number of carboxylic acid groups (broad SMARTS) is 1. The zero-order chi connectivity index (χ0) is 14.8. The Hall–Kier alpha value is -0.910. The maximum absolute atomic E-state index is 12.3. The second kappa shape index (κ2) is 6.03. The SMILES string of the molecule is CC1SCCN(C(=O)N[C@@H](C(=O)O)C(C)(C)C)C1C. The number of carbonyl (C=O) groups is 2. The lowest BCUT2D eigenvalue weighted by atomic mass is 9.87. The fraction of sp³-hybridized carbons (Fsp3) is 0.846. The summed E-state index contributed by atoms with van der Waals surface area (Å²) in [6, 6.07) is -1.03. The van der Waals surface area contributed by atoms with Gasteiger partial charge in [-0.25, -0.2) is 9.59 Å². The summed E-state index contributed by atoms with van der Waals surface area (Å²) in [6.45, 7) is 10.2. The first-order chi connectivity index (χ1) is 8.64. The average Bonchev–Trinajstić information content (AvgIpc) is 2.27. The highest BCUT2D eigenvalue weighted by Gasteiger charge is 2.36. The van der Waals surface area contributed by atoms with Crippen molar-refractivity contribution in [1.82, 2.24) is 10.2 Å². The lowest BCUT2D eigenvalue weighted by Crippen LogP contribution is -2.57. The van der Waals surface area contributed by atoms with Crippen LogP contribution in [-0.4, -0.2) is 51.6 Å². The van der Waals surface area contributed by atoms with E-state index in [1.54, 1.807) is 4.90 Å². The molecule has 0 aliphatic carbocycles. The summed E-state index contributed by atoms with van der Waals surface area (Å²) in [5.74, 6) is -0.0976. The van der Waals surface area contributed by atoms with Gasteiger partial charge in [0.25, 0.3) is 0 Å². The van der Waals surface area contributed by atoms with Crippen LogP contribution in [0.2, 0.25) is 0 Å². The summed E-state index contributed by atoms with van der Waals surface area (Å²) >= 11 is 1.84. The van der Waals surface area contributed by atoms with E-state index >= 15 is 0 Å². The molecule has 110 valence electrons. The lowest BCUT2D eigenvalue weighted by Gasteiger charge is -2.39. The third kappa shape index (κ3) is 4.03. The maximum Gasteiger partial charge on any atom is 0.326 e. The van der Waals surface area contributed by atoms with Gasteiger partial charge in [0.15, 0.2) is 0 Å². The molecule has 6 heteroatoms. The largest absolute Gasteiger partial charge is 0.480 e. The van der Waals surface area contributed by atoms with Crippen molar-refractivity contribution >= 4 is 23.8 Å². The molecule has 0 spiro atoms. The van der Waals surface area contributed by atoms with Gasteiger partial charge in [0.05, 0.1) is 0 Å². The van der Waals surface area contributed by atoms with E-state index in [4.69, 9.17) is 0 Å². The topological polar surface area (TPSA) is 69.6 Å². The lowest BCUT2D eigenvalue weighted by molar-refractivity contribution is -0.142. The van der Waals surface area contributed by atoms with Crippen LogP contribution >= 0.6 is 11.8 Å². The van der Waals surface area contributed by atoms with Crippen molar-refractivity contribution in [1.29, 1.82) is 0 Å². The molecule has 2 N–H and O–H groups in total. The Morgan fingerprint density at radius 1 is 1.37 bits per heavy atom. The summed E-state index contributed by atoms with van der Waals surface area (Å²) in [6.07, 6.45) is 0. The number of hydrogen-bond acceptors (Lipinski definition) is 3. The van der Waals surface area contributed by atoms with Crippen LogP contribution in [0.4, 0.5) is 4.79 Å². The van der Waals surface area contributed by atoms with Gasteiger partial charge in [-0.15, -0.1) is 0 Å². The number of carboxylic acids is 1. The van der Waals surface area contributed by atoms with Crippen molar-refractivity contribution in [3.63, 3.8) is 0 Å². The van der Waals surface area contributed by atoms with Crippen LogP contribution in [0.15, 0.2) is 0 Å². The number of carbonyl (C=O) groups excluding carboxylic acids is 1. The van der Waals surface area contributed by atoms with Crippen molar-refractivity contribution in [3.8, 4) is 0 Å². The van der Waals surface area contributed by atoms with E-state index < -0.39 is 17.4 Å². The quantitative estimate of drug-likeness (QED) is 0.815. The van der Waals surface area contributed by atoms with Crippen molar-refractivity contribution < 1.29 is 14.7 Å². The van der Waals surface area contributed by atoms with Crippen LogP contribution in [0, 0.1) is 5.41 Å². The predicted molar refractivity (Wildman–Crippen MR) is 77.5 cm³/mol. The van der Waals surface area contributed by atoms with Gasteiger partial charge in [-0.1, -0.05) is 27.7 Å². The number of nitrogens with zero attached hydrogens (tertiary/aromatic N) is 1. The summed E-state index contributed by atoms with van der Waals surface area (Å²) in [5.41, 5.74) is -0.513. The zero-order valence-electron chi connectivity index (χ0n) is 12.3. The van der Waals surface area contributed by atoms with E-state index in [1.165, 1.54) is 0 Å². The van der Waals surface area contributed by atoms with E-state index in [-0.39, 0.29) is 12.1 Å². The molecule has 0 bridgehead atoms. The third-order valence-corrected chi connectivity index (χ3v) is 4.86. The number of nitrogens with one attached hydrogen (secondary N) is 1. The third-order valence-electron chi connectivity index (χ3n) is 3.53. The van der Waals surface area contributed by atoms with Gasteiger partial charge in [0.2, 0.25) is 0 Å². The molecule has 1 saturated heterocycles. The second-order valence-electron chi connectivity index (χ2n) is 6.10. The van der Waals surface area contributed by atoms with E-state index in [9.17, 15) is 14.7 Å². The number of rotatable bonds is 2. The molecule has 19 heavy (non-hydrogen) atoms. The molecular weight excluding hydrogens is 264 g/mol. The van der Waals surface area contributed by atoms with Crippen LogP contribution in [0.25, 0.3) is 0 Å². The highest BCUT2D eigenvalue weighted by Crippen LogP contribution is 2.25. The summed E-state index contributed by atoms with van der Waals surface area (Å²) < 4.78 is 0. The molecule has 0 saturated carbocycles. The molecule has 1 aliphatic heterocycles. The van der Waals surface area contributed by atoms with Crippen molar-refractivity contribution in [2.45, 2.75) is 52.0 Å². The summed E-state index contributed by atoms with van der Waals surface area (Å²) in [4.78, 5) is 25.3. The minimum atomic E-state index is -0.993. The Labute approximate surface area is 119 Å². The number of hydrogen-bond donors (Lipinski definition) is 2.